The number of hydrogen-bond donors (Lipinski definition) is 2. The SMILES string of the molecule is OCc1ccc(Br)cc1.OCc1ccc(SCCC2OCCO2)cc1. The Bertz CT molecular complexity index is 598. The van der Waals surface area contributed by atoms with Crippen LogP contribution in [-0.2, 0) is 22.7 Å². The second-order valence-corrected chi connectivity index (χ2v) is 7.48. The maximum atomic E-state index is 8.91. The van der Waals surface area contributed by atoms with Gasteiger partial charge in [-0.05, 0) is 35.4 Å². The van der Waals surface area contributed by atoms with Crippen LogP contribution >= 0.6 is 27.7 Å². The third-order valence-corrected chi connectivity index (χ3v) is 5.09. The van der Waals surface area contributed by atoms with E-state index in [9.17, 15) is 0 Å². The van der Waals surface area contributed by atoms with Crippen molar-refractivity contribution >= 4 is 27.7 Å². The van der Waals surface area contributed by atoms with Crippen LogP contribution in [0.4, 0.5) is 0 Å². The Morgan fingerprint density at radius 1 is 0.880 bits per heavy atom. The maximum Gasteiger partial charge on any atom is 0.158 e. The highest BCUT2D eigenvalue weighted by Gasteiger charge is 2.14. The predicted molar refractivity (Wildman–Crippen MR) is 103 cm³/mol. The van der Waals surface area contributed by atoms with E-state index in [1.165, 1.54) is 4.90 Å². The van der Waals surface area contributed by atoms with Gasteiger partial charge in [0.2, 0.25) is 0 Å². The molecule has 0 radical (unpaired) electrons. The first-order chi connectivity index (χ1) is 12.2. The fourth-order valence-corrected chi connectivity index (χ4v) is 3.27. The second-order valence-electron chi connectivity index (χ2n) is 5.39. The molecule has 0 aliphatic carbocycles. The van der Waals surface area contributed by atoms with Gasteiger partial charge >= 0.3 is 0 Å². The van der Waals surface area contributed by atoms with E-state index in [1.807, 2.05) is 48.5 Å². The van der Waals surface area contributed by atoms with Crippen LogP contribution in [0.3, 0.4) is 0 Å². The van der Waals surface area contributed by atoms with Crippen molar-refractivity contribution in [1.29, 1.82) is 0 Å². The van der Waals surface area contributed by atoms with Crippen molar-refractivity contribution < 1.29 is 19.7 Å². The first kappa shape index (κ1) is 20.4. The molecule has 2 aromatic carbocycles. The van der Waals surface area contributed by atoms with Gasteiger partial charge in [0, 0.05) is 21.5 Å². The molecule has 0 atom stereocenters. The lowest BCUT2D eigenvalue weighted by atomic mass is 10.2. The molecule has 1 saturated heterocycles. The van der Waals surface area contributed by atoms with Crippen LogP contribution in [0.5, 0.6) is 0 Å². The summed E-state index contributed by atoms with van der Waals surface area (Å²) in [6.45, 7) is 1.67. The number of benzene rings is 2. The quantitative estimate of drug-likeness (QED) is 0.684. The summed E-state index contributed by atoms with van der Waals surface area (Å²) in [5, 5.41) is 17.5. The standard InChI is InChI=1S/C12H16O3S.C7H7BrO/c13-9-10-1-3-11(4-2-10)16-8-5-12-14-6-7-15-12;8-7-3-1-6(5-9)2-4-7/h1-4,12-13H,5-9H2;1-4,9H,5H2. The zero-order chi connectivity index (χ0) is 17.9. The van der Waals surface area contributed by atoms with E-state index in [0.29, 0.717) is 0 Å². The molecule has 1 aliphatic rings. The zero-order valence-corrected chi connectivity index (χ0v) is 16.3. The second kappa shape index (κ2) is 11.7. The molecular weight excluding hydrogens is 404 g/mol. The highest BCUT2D eigenvalue weighted by atomic mass is 79.9. The van der Waals surface area contributed by atoms with Gasteiger partial charge in [0.05, 0.1) is 26.4 Å². The Hall–Kier alpha value is -0.890. The smallest absolute Gasteiger partial charge is 0.158 e. The summed E-state index contributed by atoms with van der Waals surface area (Å²) in [5.74, 6) is 0.989. The lowest BCUT2D eigenvalue weighted by Gasteiger charge is -2.08. The van der Waals surface area contributed by atoms with Crippen LogP contribution < -0.4 is 0 Å². The molecule has 0 bridgehead atoms. The number of ether oxygens (including phenoxy) is 2. The lowest BCUT2D eigenvalue weighted by molar-refractivity contribution is -0.0421. The van der Waals surface area contributed by atoms with E-state index >= 15 is 0 Å². The minimum atomic E-state index is -0.00999. The van der Waals surface area contributed by atoms with Gasteiger partial charge in [-0.15, -0.1) is 11.8 Å². The summed E-state index contributed by atoms with van der Waals surface area (Å²) < 4.78 is 11.8. The molecule has 2 N–H and O–H groups in total. The van der Waals surface area contributed by atoms with Crippen molar-refractivity contribution in [3.05, 3.63) is 64.1 Å². The van der Waals surface area contributed by atoms with E-state index in [1.54, 1.807) is 11.8 Å². The Labute approximate surface area is 161 Å². The maximum absolute atomic E-state index is 8.91. The average Bonchev–Trinajstić information content (AvgIpc) is 3.17. The van der Waals surface area contributed by atoms with E-state index in [4.69, 9.17) is 19.7 Å². The van der Waals surface area contributed by atoms with Crippen molar-refractivity contribution in [3.63, 3.8) is 0 Å². The molecule has 1 fully saturated rings. The number of rotatable bonds is 6. The predicted octanol–water partition coefficient (Wildman–Crippen LogP) is 3.98. The van der Waals surface area contributed by atoms with Gasteiger partial charge in [0.1, 0.15) is 0 Å². The fraction of sp³-hybridized carbons (Fsp3) is 0.368. The van der Waals surface area contributed by atoms with Crippen LogP contribution in [0.25, 0.3) is 0 Å². The summed E-state index contributed by atoms with van der Waals surface area (Å²) in [6.07, 6.45) is 0.913. The largest absolute Gasteiger partial charge is 0.392 e. The molecule has 3 rings (SSSR count). The van der Waals surface area contributed by atoms with Crippen LogP contribution in [-0.4, -0.2) is 35.5 Å². The van der Waals surface area contributed by atoms with Crippen LogP contribution in [0.1, 0.15) is 17.5 Å². The molecule has 25 heavy (non-hydrogen) atoms. The normalized spacial score (nSPS) is 14.2. The van der Waals surface area contributed by atoms with Crippen molar-refractivity contribution in [2.45, 2.75) is 30.8 Å². The molecule has 0 amide bonds. The van der Waals surface area contributed by atoms with Crippen LogP contribution in [0.15, 0.2) is 57.9 Å². The summed E-state index contributed by atoms with van der Waals surface area (Å²) in [4.78, 5) is 1.22. The first-order valence-electron chi connectivity index (χ1n) is 8.12. The van der Waals surface area contributed by atoms with Gasteiger partial charge in [0.25, 0.3) is 0 Å². The molecule has 1 heterocycles. The highest BCUT2D eigenvalue weighted by molar-refractivity contribution is 9.10. The van der Waals surface area contributed by atoms with Gasteiger partial charge in [-0.3, -0.25) is 0 Å². The van der Waals surface area contributed by atoms with Gasteiger partial charge in [-0.1, -0.05) is 40.2 Å². The molecule has 4 nitrogen and oxygen atoms in total. The van der Waals surface area contributed by atoms with Crippen LogP contribution in [0, 0.1) is 0 Å². The Kier molecular flexibility index (Phi) is 9.54. The summed E-state index contributed by atoms with van der Waals surface area (Å²) in [5.41, 5.74) is 1.89. The van der Waals surface area contributed by atoms with Gasteiger partial charge in [0.15, 0.2) is 6.29 Å². The number of halogens is 1. The van der Waals surface area contributed by atoms with Crippen molar-refractivity contribution in [2.24, 2.45) is 0 Å². The van der Waals surface area contributed by atoms with Gasteiger partial charge in [-0.2, -0.15) is 0 Å². The van der Waals surface area contributed by atoms with E-state index in [-0.39, 0.29) is 19.5 Å². The molecule has 0 spiro atoms. The molecular formula is C19H23BrO4S. The molecule has 0 aromatic heterocycles. The minimum absolute atomic E-state index is 0.00999. The summed E-state index contributed by atoms with van der Waals surface area (Å²) >= 11 is 5.08. The van der Waals surface area contributed by atoms with E-state index in [2.05, 4.69) is 15.9 Å². The molecule has 1 aliphatic heterocycles. The van der Waals surface area contributed by atoms with E-state index in [0.717, 1.165) is 41.0 Å². The Morgan fingerprint density at radius 3 is 1.92 bits per heavy atom. The fourth-order valence-electron chi connectivity index (χ4n) is 2.13. The Morgan fingerprint density at radius 2 is 1.40 bits per heavy atom. The molecule has 2 aromatic rings. The number of hydrogen-bond acceptors (Lipinski definition) is 5. The lowest BCUT2D eigenvalue weighted by Crippen LogP contribution is -2.08. The Balaban J connectivity index is 0.000000212. The van der Waals surface area contributed by atoms with Crippen molar-refractivity contribution in [3.8, 4) is 0 Å². The van der Waals surface area contributed by atoms with Gasteiger partial charge in [-0.25, -0.2) is 0 Å². The molecule has 0 unspecified atom stereocenters. The topological polar surface area (TPSA) is 58.9 Å². The number of aliphatic hydroxyl groups is 2. The molecule has 6 heteroatoms. The summed E-state index contributed by atoms with van der Waals surface area (Å²) in [7, 11) is 0. The van der Waals surface area contributed by atoms with Crippen molar-refractivity contribution in [2.75, 3.05) is 19.0 Å². The zero-order valence-electron chi connectivity index (χ0n) is 13.9. The van der Waals surface area contributed by atoms with E-state index < -0.39 is 0 Å². The summed E-state index contributed by atoms with van der Waals surface area (Å²) in [6, 6.07) is 15.5. The minimum Gasteiger partial charge on any atom is -0.392 e. The first-order valence-corrected chi connectivity index (χ1v) is 9.90. The average molecular weight is 427 g/mol. The third kappa shape index (κ3) is 7.90. The van der Waals surface area contributed by atoms with Crippen molar-refractivity contribution in [1.82, 2.24) is 0 Å². The van der Waals surface area contributed by atoms with Gasteiger partial charge < -0.3 is 19.7 Å². The number of aliphatic hydroxyl groups excluding tert-OH is 2. The highest BCUT2D eigenvalue weighted by Crippen LogP contribution is 2.21. The third-order valence-electron chi connectivity index (χ3n) is 3.51. The molecule has 136 valence electrons. The monoisotopic (exact) mass is 426 g/mol. The number of thioether (sulfide) groups is 1. The molecule has 0 saturated carbocycles. The van der Waals surface area contributed by atoms with Crippen LogP contribution in [0.2, 0.25) is 0 Å².